The third-order valence-electron chi connectivity index (χ3n) is 8.03. The fourth-order valence-corrected chi connectivity index (χ4v) is 6.76. The van der Waals surface area contributed by atoms with E-state index in [-0.39, 0.29) is 11.5 Å². The van der Waals surface area contributed by atoms with Crippen LogP contribution in [0.4, 0.5) is 0 Å². The number of aliphatic hydroxyl groups is 1. The maximum atomic E-state index is 11.3. The molecule has 27 heavy (non-hydrogen) atoms. The molecule has 0 aliphatic heterocycles. The quantitative estimate of drug-likeness (QED) is 0.706. The Hall–Kier alpha value is -1.06. The van der Waals surface area contributed by atoms with E-state index >= 15 is 0 Å². The van der Waals surface area contributed by atoms with Crippen LogP contribution in [0.3, 0.4) is 0 Å². The highest BCUT2D eigenvalue weighted by molar-refractivity contribution is 5.41. The topological polar surface area (TPSA) is 38.7 Å². The second-order valence-electron chi connectivity index (χ2n) is 9.05. The fraction of sp³-hybridized carbons (Fsp3) is 0.750. The van der Waals surface area contributed by atoms with Crippen LogP contribution >= 0.6 is 0 Å². The second kappa shape index (κ2) is 7.75. The van der Waals surface area contributed by atoms with Crippen molar-refractivity contribution in [2.45, 2.75) is 83.3 Å². The molecule has 1 aromatic rings. The van der Waals surface area contributed by atoms with Crippen LogP contribution < -0.4 is 4.74 Å². The molecule has 3 nitrogen and oxygen atoms in total. The van der Waals surface area contributed by atoms with E-state index in [2.05, 4.69) is 32.0 Å². The van der Waals surface area contributed by atoms with Crippen LogP contribution in [0.15, 0.2) is 18.2 Å². The van der Waals surface area contributed by atoms with Gasteiger partial charge in [-0.3, -0.25) is 0 Å². The number of unbranched alkanes of at least 4 members (excludes halogenated alkanes) is 1. The molecule has 0 spiro atoms. The second-order valence-corrected chi connectivity index (χ2v) is 9.05. The Morgan fingerprint density at radius 2 is 2.04 bits per heavy atom. The van der Waals surface area contributed by atoms with Crippen molar-refractivity contribution in [1.29, 1.82) is 0 Å². The standard InChI is InChI=1S/C24H36O3/c1-4-6-13-27-22-12-11-20-19-9-7-16-14-17(26-3)8-10-18(16)23(19)21(25)15-24(20,22)5-2/h8,10,14,19-23,25H,4-7,9,11-13,15H2,1-3H3/t19?,20?,21?,22-,23?,24-/m0/s1. The minimum absolute atomic E-state index is 0.179. The van der Waals surface area contributed by atoms with E-state index in [1.807, 2.05) is 0 Å². The lowest BCUT2D eigenvalue weighted by molar-refractivity contribution is -0.114. The number of methoxy groups -OCH3 is 1. The first-order valence-corrected chi connectivity index (χ1v) is 11.1. The molecule has 3 aliphatic carbocycles. The molecule has 0 aromatic heterocycles. The third-order valence-corrected chi connectivity index (χ3v) is 8.03. The number of benzene rings is 1. The Bertz CT molecular complexity index is 657. The Morgan fingerprint density at radius 3 is 2.78 bits per heavy atom. The van der Waals surface area contributed by atoms with E-state index in [1.165, 1.54) is 36.8 Å². The summed E-state index contributed by atoms with van der Waals surface area (Å²) >= 11 is 0. The molecule has 0 bridgehead atoms. The lowest BCUT2D eigenvalue weighted by atomic mass is 9.53. The van der Waals surface area contributed by atoms with Crippen LogP contribution in [0.5, 0.6) is 5.75 Å². The molecule has 0 amide bonds. The summed E-state index contributed by atoms with van der Waals surface area (Å²) in [6.45, 7) is 5.42. The Labute approximate surface area is 164 Å². The molecule has 4 unspecified atom stereocenters. The van der Waals surface area contributed by atoms with E-state index in [0.29, 0.717) is 23.9 Å². The number of aryl methyl sites for hydroxylation is 1. The summed E-state index contributed by atoms with van der Waals surface area (Å²) in [5, 5.41) is 11.3. The van der Waals surface area contributed by atoms with E-state index in [0.717, 1.165) is 38.0 Å². The maximum Gasteiger partial charge on any atom is 0.119 e. The molecule has 1 aromatic carbocycles. The molecule has 1 N–H and O–H groups in total. The normalized spacial score (nSPS) is 37.4. The number of hydrogen-bond donors (Lipinski definition) is 1. The minimum atomic E-state index is -0.256. The van der Waals surface area contributed by atoms with Gasteiger partial charge in [-0.25, -0.2) is 0 Å². The summed E-state index contributed by atoms with van der Waals surface area (Å²) in [6, 6.07) is 6.48. The minimum Gasteiger partial charge on any atom is -0.497 e. The third kappa shape index (κ3) is 3.11. The van der Waals surface area contributed by atoms with Crippen LogP contribution in [-0.4, -0.2) is 31.0 Å². The van der Waals surface area contributed by atoms with Gasteiger partial charge in [0.25, 0.3) is 0 Å². The van der Waals surface area contributed by atoms with Gasteiger partial charge in [0.15, 0.2) is 0 Å². The first kappa shape index (κ1) is 19.3. The van der Waals surface area contributed by atoms with Gasteiger partial charge < -0.3 is 14.6 Å². The molecular formula is C24H36O3. The monoisotopic (exact) mass is 372 g/mol. The highest BCUT2D eigenvalue weighted by atomic mass is 16.5. The Morgan fingerprint density at radius 1 is 1.19 bits per heavy atom. The van der Waals surface area contributed by atoms with E-state index in [4.69, 9.17) is 9.47 Å². The summed E-state index contributed by atoms with van der Waals surface area (Å²) in [6.07, 6.45) is 9.18. The zero-order valence-electron chi connectivity index (χ0n) is 17.2. The Kier molecular flexibility index (Phi) is 5.53. The predicted molar refractivity (Wildman–Crippen MR) is 108 cm³/mol. The summed E-state index contributed by atoms with van der Waals surface area (Å²) in [4.78, 5) is 0. The molecule has 2 fully saturated rings. The molecule has 3 aliphatic rings. The van der Waals surface area contributed by atoms with Crippen molar-refractivity contribution in [2.24, 2.45) is 17.3 Å². The highest BCUT2D eigenvalue weighted by Crippen LogP contribution is 2.63. The number of fused-ring (bicyclic) bond motifs is 5. The molecule has 150 valence electrons. The van der Waals surface area contributed by atoms with Gasteiger partial charge in [-0.1, -0.05) is 26.3 Å². The first-order chi connectivity index (χ1) is 13.1. The van der Waals surface area contributed by atoms with Crippen LogP contribution in [-0.2, 0) is 11.2 Å². The zero-order valence-corrected chi connectivity index (χ0v) is 17.2. The van der Waals surface area contributed by atoms with Crippen molar-refractivity contribution in [3.8, 4) is 5.75 Å². The van der Waals surface area contributed by atoms with Gasteiger partial charge >= 0.3 is 0 Å². The van der Waals surface area contributed by atoms with Crippen LogP contribution in [0, 0.1) is 17.3 Å². The number of hydrogen-bond acceptors (Lipinski definition) is 3. The predicted octanol–water partition coefficient (Wildman–Crippen LogP) is 5.10. The SMILES string of the molecule is CCCCO[C@H]1CCC2C3CCc4cc(OC)ccc4C3C(O)C[C@@]21CC. The van der Waals surface area contributed by atoms with E-state index in [9.17, 15) is 5.11 Å². The van der Waals surface area contributed by atoms with Gasteiger partial charge in [0.1, 0.15) is 5.75 Å². The van der Waals surface area contributed by atoms with Crippen molar-refractivity contribution >= 4 is 0 Å². The molecule has 0 saturated heterocycles. The zero-order chi connectivity index (χ0) is 19.0. The lowest BCUT2D eigenvalue weighted by Gasteiger charge is -2.54. The lowest BCUT2D eigenvalue weighted by Crippen LogP contribution is -2.51. The van der Waals surface area contributed by atoms with Crippen molar-refractivity contribution in [1.82, 2.24) is 0 Å². The molecule has 6 atom stereocenters. The summed E-state index contributed by atoms with van der Waals surface area (Å²) < 4.78 is 11.8. The largest absolute Gasteiger partial charge is 0.497 e. The smallest absolute Gasteiger partial charge is 0.119 e. The summed E-state index contributed by atoms with van der Waals surface area (Å²) in [7, 11) is 1.73. The van der Waals surface area contributed by atoms with Crippen LogP contribution in [0.25, 0.3) is 0 Å². The van der Waals surface area contributed by atoms with Gasteiger partial charge in [-0.05, 0) is 80.0 Å². The first-order valence-electron chi connectivity index (χ1n) is 11.1. The van der Waals surface area contributed by atoms with Gasteiger partial charge in [0.2, 0.25) is 0 Å². The molecule has 3 heteroatoms. The highest BCUT2D eigenvalue weighted by Gasteiger charge is 2.59. The number of aliphatic hydroxyl groups excluding tert-OH is 1. The van der Waals surface area contributed by atoms with Crippen LogP contribution in [0.2, 0.25) is 0 Å². The summed E-state index contributed by atoms with van der Waals surface area (Å²) in [5.74, 6) is 2.51. The maximum absolute atomic E-state index is 11.3. The van der Waals surface area contributed by atoms with Crippen molar-refractivity contribution < 1.29 is 14.6 Å². The summed E-state index contributed by atoms with van der Waals surface area (Å²) in [5.41, 5.74) is 2.94. The molecule has 0 heterocycles. The average molecular weight is 373 g/mol. The molecular weight excluding hydrogens is 336 g/mol. The van der Waals surface area contributed by atoms with Crippen molar-refractivity contribution in [3.63, 3.8) is 0 Å². The van der Waals surface area contributed by atoms with Crippen molar-refractivity contribution in [3.05, 3.63) is 29.3 Å². The van der Waals surface area contributed by atoms with Gasteiger partial charge in [0, 0.05) is 17.9 Å². The number of rotatable bonds is 6. The fourth-order valence-electron chi connectivity index (χ4n) is 6.76. The number of ether oxygens (including phenoxy) is 2. The molecule has 2 saturated carbocycles. The van der Waals surface area contributed by atoms with Gasteiger partial charge in [0.05, 0.1) is 19.3 Å². The van der Waals surface area contributed by atoms with Crippen molar-refractivity contribution in [2.75, 3.05) is 13.7 Å². The Balaban J connectivity index is 1.62. The average Bonchev–Trinajstić information content (AvgIpc) is 3.06. The molecule has 4 rings (SSSR count). The van der Waals surface area contributed by atoms with Crippen LogP contribution in [0.1, 0.15) is 75.8 Å². The molecule has 0 radical (unpaired) electrons. The van der Waals surface area contributed by atoms with E-state index in [1.54, 1.807) is 7.11 Å². The van der Waals surface area contributed by atoms with E-state index < -0.39 is 0 Å². The van der Waals surface area contributed by atoms with Gasteiger partial charge in [-0.15, -0.1) is 0 Å². The van der Waals surface area contributed by atoms with Gasteiger partial charge in [-0.2, -0.15) is 0 Å².